The zero-order valence-corrected chi connectivity index (χ0v) is 17.9. The molecule has 150 valence electrons. The topological polar surface area (TPSA) is 73.3 Å². The molecule has 0 aliphatic heterocycles. The lowest BCUT2D eigenvalue weighted by Gasteiger charge is -2.12. The molecule has 7 heteroatoms. The fourth-order valence-corrected chi connectivity index (χ4v) is 3.37. The molecule has 0 radical (unpaired) electrons. The molecule has 0 saturated heterocycles. The van der Waals surface area contributed by atoms with Crippen molar-refractivity contribution in [2.75, 3.05) is 19.5 Å². The van der Waals surface area contributed by atoms with E-state index < -0.39 is 0 Å². The lowest BCUT2D eigenvalue weighted by molar-refractivity contribution is 0.102. The van der Waals surface area contributed by atoms with Crippen LogP contribution in [0.4, 0.5) is 5.82 Å². The van der Waals surface area contributed by atoms with Gasteiger partial charge in [0.05, 0.1) is 31.0 Å². The van der Waals surface area contributed by atoms with Gasteiger partial charge in [0.25, 0.3) is 5.91 Å². The average molecular weight is 464 g/mol. The molecule has 0 spiro atoms. The molecule has 2 aromatic heterocycles. The van der Waals surface area contributed by atoms with Crippen molar-refractivity contribution in [1.29, 1.82) is 0 Å². The Morgan fingerprint density at radius 2 is 1.77 bits per heavy atom. The summed E-state index contributed by atoms with van der Waals surface area (Å²) in [5, 5.41) is 3.61. The third-order valence-corrected chi connectivity index (χ3v) is 5.08. The van der Waals surface area contributed by atoms with E-state index in [1.165, 1.54) is 0 Å². The molecular weight excluding hydrogens is 446 g/mol. The maximum atomic E-state index is 13.1. The van der Waals surface area contributed by atoms with Crippen molar-refractivity contribution in [3.63, 3.8) is 0 Å². The minimum absolute atomic E-state index is 0.259. The number of benzene rings is 2. The zero-order chi connectivity index (χ0) is 21.1. The first kappa shape index (κ1) is 19.8. The van der Waals surface area contributed by atoms with Crippen molar-refractivity contribution in [3.05, 3.63) is 76.9 Å². The van der Waals surface area contributed by atoms with Crippen LogP contribution in [0.3, 0.4) is 0 Å². The fourth-order valence-electron chi connectivity index (χ4n) is 3.14. The van der Waals surface area contributed by atoms with Crippen LogP contribution in [0.15, 0.2) is 71.3 Å². The molecule has 0 bridgehead atoms. The van der Waals surface area contributed by atoms with E-state index in [0.717, 1.165) is 20.9 Å². The minimum Gasteiger partial charge on any atom is -0.493 e. The number of fused-ring (bicyclic) bond motifs is 1. The lowest BCUT2D eigenvalue weighted by Crippen LogP contribution is -2.14. The molecule has 2 aromatic carbocycles. The smallest absolute Gasteiger partial charge is 0.257 e. The lowest BCUT2D eigenvalue weighted by atomic mass is 10.0. The van der Waals surface area contributed by atoms with Gasteiger partial charge < -0.3 is 14.8 Å². The number of ether oxygens (including phenoxy) is 2. The number of anilines is 1. The van der Waals surface area contributed by atoms with Gasteiger partial charge >= 0.3 is 0 Å². The number of hydrogen-bond acceptors (Lipinski definition) is 5. The van der Waals surface area contributed by atoms with Gasteiger partial charge in [-0.15, -0.1) is 0 Å². The summed E-state index contributed by atoms with van der Waals surface area (Å²) < 4.78 is 11.6. The molecule has 0 aliphatic carbocycles. The number of hydrogen-bond donors (Lipinski definition) is 1. The van der Waals surface area contributed by atoms with Gasteiger partial charge in [-0.25, -0.2) is 9.97 Å². The van der Waals surface area contributed by atoms with Crippen LogP contribution in [0.2, 0.25) is 0 Å². The number of nitrogens with one attached hydrogen (secondary N) is 1. The minimum atomic E-state index is -0.259. The molecule has 1 N–H and O–H groups in total. The molecule has 0 atom stereocenters. The van der Waals surface area contributed by atoms with Crippen LogP contribution in [0, 0.1) is 0 Å². The van der Waals surface area contributed by atoms with E-state index >= 15 is 0 Å². The van der Waals surface area contributed by atoms with E-state index in [-0.39, 0.29) is 5.91 Å². The molecule has 0 fully saturated rings. The maximum absolute atomic E-state index is 13.1. The van der Waals surface area contributed by atoms with E-state index in [2.05, 4.69) is 26.2 Å². The van der Waals surface area contributed by atoms with Crippen LogP contribution in [0.5, 0.6) is 11.5 Å². The molecule has 4 rings (SSSR count). The van der Waals surface area contributed by atoms with E-state index in [1.54, 1.807) is 32.5 Å². The van der Waals surface area contributed by atoms with Crippen molar-refractivity contribution in [1.82, 2.24) is 9.97 Å². The monoisotopic (exact) mass is 463 g/mol. The van der Waals surface area contributed by atoms with E-state index in [9.17, 15) is 4.79 Å². The van der Waals surface area contributed by atoms with Crippen molar-refractivity contribution < 1.29 is 14.3 Å². The molecule has 0 saturated carbocycles. The number of aromatic nitrogens is 2. The summed E-state index contributed by atoms with van der Waals surface area (Å²) in [6.07, 6.45) is 1.63. The van der Waals surface area contributed by atoms with Gasteiger partial charge in [-0.3, -0.25) is 4.79 Å². The number of carbonyl (C=O) groups excluding carboxylic acids is 1. The third-order valence-electron chi connectivity index (χ3n) is 4.61. The average Bonchev–Trinajstić information content (AvgIpc) is 2.79. The standard InChI is InChI=1S/C23H18BrN3O3/c1-29-20-9-7-14(11-21(20)30-2)19-12-17(16-5-3-4-6-18(16)26-19)23(28)27-22-10-8-15(24)13-25-22/h3-13H,1-2H3,(H,25,27,28). The second kappa shape index (κ2) is 8.51. The van der Waals surface area contributed by atoms with Crippen LogP contribution in [-0.4, -0.2) is 30.1 Å². The Morgan fingerprint density at radius 1 is 0.967 bits per heavy atom. The highest BCUT2D eigenvalue weighted by Crippen LogP contribution is 2.33. The molecule has 2 heterocycles. The largest absolute Gasteiger partial charge is 0.493 e. The molecule has 1 amide bonds. The van der Waals surface area contributed by atoms with Gasteiger partial charge in [-0.1, -0.05) is 18.2 Å². The van der Waals surface area contributed by atoms with Gasteiger partial charge in [-0.05, 0) is 58.4 Å². The molecular formula is C23H18BrN3O3. The Labute approximate surface area is 182 Å². The predicted molar refractivity (Wildman–Crippen MR) is 120 cm³/mol. The van der Waals surface area contributed by atoms with Crippen molar-refractivity contribution >= 4 is 38.6 Å². The Hall–Kier alpha value is -3.45. The third kappa shape index (κ3) is 3.97. The Morgan fingerprint density at radius 3 is 2.50 bits per heavy atom. The summed E-state index contributed by atoms with van der Waals surface area (Å²) in [6, 6.07) is 18.4. The van der Waals surface area contributed by atoms with Gasteiger partial charge in [0.1, 0.15) is 5.82 Å². The van der Waals surface area contributed by atoms with Crippen molar-refractivity contribution in [2.45, 2.75) is 0 Å². The first-order valence-corrected chi connectivity index (χ1v) is 9.93. The summed E-state index contributed by atoms with van der Waals surface area (Å²) >= 11 is 3.34. The number of halogens is 1. The van der Waals surface area contributed by atoms with Gasteiger partial charge in [-0.2, -0.15) is 0 Å². The van der Waals surface area contributed by atoms with Crippen LogP contribution in [0.1, 0.15) is 10.4 Å². The van der Waals surface area contributed by atoms with Crippen LogP contribution in [0.25, 0.3) is 22.2 Å². The molecule has 4 aromatic rings. The van der Waals surface area contributed by atoms with Crippen molar-refractivity contribution in [3.8, 4) is 22.8 Å². The highest BCUT2D eigenvalue weighted by molar-refractivity contribution is 9.10. The summed E-state index contributed by atoms with van der Waals surface area (Å²) in [4.78, 5) is 22.0. The number of amides is 1. The van der Waals surface area contributed by atoms with Gasteiger partial charge in [0.15, 0.2) is 11.5 Å². The molecule has 0 aliphatic rings. The number of para-hydroxylation sites is 1. The highest BCUT2D eigenvalue weighted by atomic mass is 79.9. The summed E-state index contributed by atoms with van der Waals surface area (Å²) in [7, 11) is 3.17. The van der Waals surface area contributed by atoms with Crippen molar-refractivity contribution in [2.24, 2.45) is 0 Å². The predicted octanol–water partition coefficient (Wildman–Crippen LogP) is 5.33. The number of carbonyl (C=O) groups is 1. The SMILES string of the molecule is COc1ccc(-c2cc(C(=O)Nc3ccc(Br)cn3)c3ccccc3n2)cc1OC. The zero-order valence-electron chi connectivity index (χ0n) is 16.3. The molecule has 6 nitrogen and oxygen atoms in total. The van der Waals surface area contributed by atoms with E-state index in [4.69, 9.17) is 14.5 Å². The van der Waals surface area contributed by atoms with E-state index in [0.29, 0.717) is 28.6 Å². The van der Waals surface area contributed by atoms with Gasteiger partial charge in [0.2, 0.25) is 0 Å². The Bertz CT molecular complexity index is 1230. The second-order valence-electron chi connectivity index (χ2n) is 6.46. The number of rotatable bonds is 5. The molecule has 30 heavy (non-hydrogen) atoms. The molecule has 0 unspecified atom stereocenters. The highest BCUT2D eigenvalue weighted by Gasteiger charge is 2.16. The van der Waals surface area contributed by atoms with E-state index in [1.807, 2.05) is 48.5 Å². The normalized spacial score (nSPS) is 10.6. The van der Waals surface area contributed by atoms with Crippen LogP contribution < -0.4 is 14.8 Å². The number of pyridine rings is 2. The second-order valence-corrected chi connectivity index (χ2v) is 7.37. The Balaban J connectivity index is 1.80. The first-order valence-electron chi connectivity index (χ1n) is 9.14. The fraction of sp³-hybridized carbons (Fsp3) is 0.0870. The first-order chi connectivity index (χ1) is 14.6. The number of methoxy groups -OCH3 is 2. The van der Waals surface area contributed by atoms with Crippen LogP contribution in [-0.2, 0) is 0 Å². The quantitative estimate of drug-likeness (QED) is 0.432. The van der Waals surface area contributed by atoms with Gasteiger partial charge in [0, 0.05) is 21.6 Å². The summed E-state index contributed by atoms with van der Waals surface area (Å²) in [5.41, 5.74) is 2.70. The van der Waals surface area contributed by atoms with Crippen LogP contribution >= 0.6 is 15.9 Å². The summed E-state index contributed by atoms with van der Waals surface area (Å²) in [5.74, 6) is 1.43. The maximum Gasteiger partial charge on any atom is 0.257 e. The number of nitrogens with zero attached hydrogens (tertiary/aromatic N) is 2. The summed E-state index contributed by atoms with van der Waals surface area (Å²) in [6.45, 7) is 0. The Kier molecular flexibility index (Phi) is 5.63.